The summed E-state index contributed by atoms with van der Waals surface area (Å²) >= 11 is 0. The highest BCUT2D eigenvalue weighted by Gasteiger charge is 2.12. The Morgan fingerprint density at radius 2 is 0.810 bits per heavy atom. The van der Waals surface area contributed by atoms with Gasteiger partial charge in [-0.3, -0.25) is 8.97 Å². The molecule has 0 heterocycles. The topological polar surface area (TPSA) is 0 Å². The Hall–Kier alpha value is -1.64. The Kier molecular flexibility index (Phi) is 4.22. The fourth-order valence-electron chi connectivity index (χ4n) is 2.36. The SMILES string of the molecule is C[N+](C)(C)c1ccc(Cc2ccc([N+](C)(C)C)cc2)cc1. The van der Waals surface area contributed by atoms with E-state index in [2.05, 4.69) is 90.8 Å². The average molecular weight is 284 g/mol. The largest absolute Gasteiger partial charge is 0.298 e. The minimum atomic E-state index is 0.860. The Morgan fingerprint density at radius 1 is 0.524 bits per heavy atom. The maximum Gasteiger partial charge on any atom is 0.132 e. The van der Waals surface area contributed by atoms with Gasteiger partial charge in [0.2, 0.25) is 0 Å². The zero-order valence-corrected chi connectivity index (χ0v) is 14.2. The molecule has 0 saturated heterocycles. The van der Waals surface area contributed by atoms with E-state index in [0.717, 1.165) is 15.4 Å². The quantitative estimate of drug-likeness (QED) is 0.752. The molecule has 112 valence electrons. The van der Waals surface area contributed by atoms with Gasteiger partial charge in [-0.1, -0.05) is 24.3 Å². The fraction of sp³-hybridized carbons (Fsp3) is 0.368. The van der Waals surface area contributed by atoms with Gasteiger partial charge in [0, 0.05) is 0 Å². The summed E-state index contributed by atoms with van der Waals surface area (Å²) in [6, 6.07) is 17.9. The number of quaternary nitrogens is 2. The third-order valence-corrected chi connectivity index (χ3v) is 3.83. The Bertz CT molecular complexity index is 526. The molecule has 2 heteroatoms. The van der Waals surface area contributed by atoms with E-state index >= 15 is 0 Å². The molecular formula is C19H28N2+2. The monoisotopic (exact) mass is 284 g/mol. The molecule has 0 N–H and O–H groups in total. The molecule has 0 saturated carbocycles. The van der Waals surface area contributed by atoms with Gasteiger partial charge in [-0.2, -0.15) is 0 Å². The van der Waals surface area contributed by atoms with Gasteiger partial charge in [-0.15, -0.1) is 0 Å². The van der Waals surface area contributed by atoms with Gasteiger partial charge in [0.25, 0.3) is 0 Å². The first-order chi connectivity index (χ1) is 9.66. The number of rotatable bonds is 4. The van der Waals surface area contributed by atoms with Gasteiger partial charge in [0.1, 0.15) is 11.4 Å². The van der Waals surface area contributed by atoms with Crippen LogP contribution in [-0.4, -0.2) is 42.3 Å². The molecule has 0 bridgehead atoms. The van der Waals surface area contributed by atoms with Crippen molar-refractivity contribution in [1.29, 1.82) is 0 Å². The fourth-order valence-corrected chi connectivity index (χ4v) is 2.36. The van der Waals surface area contributed by atoms with Crippen molar-refractivity contribution < 1.29 is 0 Å². The summed E-state index contributed by atoms with van der Waals surface area (Å²) in [5, 5.41) is 0. The third kappa shape index (κ3) is 4.16. The van der Waals surface area contributed by atoms with Gasteiger partial charge < -0.3 is 0 Å². The van der Waals surface area contributed by atoms with Crippen molar-refractivity contribution in [3.63, 3.8) is 0 Å². The zero-order valence-electron chi connectivity index (χ0n) is 14.2. The molecule has 0 fully saturated rings. The predicted octanol–water partition coefficient (Wildman–Crippen LogP) is 3.67. The van der Waals surface area contributed by atoms with Crippen LogP contribution in [0, 0.1) is 0 Å². The predicted molar refractivity (Wildman–Crippen MR) is 94.8 cm³/mol. The normalized spacial score (nSPS) is 12.5. The zero-order chi connectivity index (χ0) is 15.7. The number of benzene rings is 2. The molecule has 2 aromatic rings. The highest BCUT2D eigenvalue weighted by Crippen LogP contribution is 2.21. The summed E-state index contributed by atoms with van der Waals surface area (Å²) in [7, 11) is 13.2. The van der Waals surface area contributed by atoms with Crippen LogP contribution >= 0.6 is 0 Å². The molecule has 2 nitrogen and oxygen atoms in total. The van der Waals surface area contributed by atoms with Crippen molar-refractivity contribution in [2.24, 2.45) is 0 Å². The molecule has 0 spiro atoms. The van der Waals surface area contributed by atoms with Crippen LogP contribution in [0.1, 0.15) is 11.1 Å². The summed E-state index contributed by atoms with van der Waals surface area (Å²) < 4.78 is 1.72. The van der Waals surface area contributed by atoms with Gasteiger partial charge in [0.15, 0.2) is 0 Å². The van der Waals surface area contributed by atoms with E-state index < -0.39 is 0 Å². The van der Waals surface area contributed by atoms with Crippen LogP contribution < -0.4 is 8.97 Å². The van der Waals surface area contributed by atoms with E-state index in [4.69, 9.17) is 0 Å². The van der Waals surface area contributed by atoms with E-state index in [0.29, 0.717) is 0 Å². The molecule has 0 aliphatic rings. The van der Waals surface area contributed by atoms with E-state index in [1.165, 1.54) is 22.5 Å². The lowest BCUT2D eigenvalue weighted by Gasteiger charge is -2.24. The molecule has 0 atom stereocenters. The number of hydrogen-bond acceptors (Lipinski definition) is 0. The van der Waals surface area contributed by atoms with Crippen LogP contribution in [0.3, 0.4) is 0 Å². The third-order valence-electron chi connectivity index (χ3n) is 3.83. The summed E-state index contributed by atoms with van der Waals surface area (Å²) in [6.07, 6.45) is 0.995. The summed E-state index contributed by atoms with van der Waals surface area (Å²) in [4.78, 5) is 0. The second-order valence-corrected chi connectivity index (χ2v) is 7.53. The second-order valence-electron chi connectivity index (χ2n) is 7.53. The molecule has 0 aromatic heterocycles. The molecule has 0 amide bonds. The average Bonchev–Trinajstić information content (AvgIpc) is 2.38. The summed E-state index contributed by atoms with van der Waals surface area (Å²) in [5.74, 6) is 0. The highest BCUT2D eigenvalue weighted by atomic mass is 15.3. The van der Waals surface area contributed by atoms with Gasteiger partial charge in [-0.25, -0.2) is 0 Å². The maximum absolute atomic E-state index is 2.24. The van der Waals surface area contributed by atoms with Crippen LogP contribution in [0.5, 0.6) is 0 Å². The Balaban J connectivity index is 2.12. The first-order valence-corrected chi connectivity index (χ1v) is 7.48. The maximum atomic E-state index is 2.24. The van der Waals surface area contributed by atoms with Crippen molar-refractivity contribution in [3.8, 4) is 0 Å². The molecule has 0 unspecified atom stereocenters. The van der Waals surface area contributed by atoms with E-state index in [-0.39, 0.29) is 0 Å². The van der Waals surface area contributed by atoms with Crippen molar-refractivity contribution in [3.05, 3.63) is 59.7 Å². The van der Waals surface area contributed by atoms with Crippen molar-refractivity contribution in [2.75, 3.05) is 42.3 Å². The van der Waals surface area contributed by atoms with Crippen LogP contribution in [0.25, 0.3) is 0 Å². The van der Waals surface area contributed by atoms with Gasteiger partial charge in [-0.05, 0) is 41.8 Å². The number of nitrogens with zero attached hydrogens (tertiary/aromatic N) is 2. The molecule has 0 aliphatic carbocycles. The lowest BCUT2D eigenvalue weighted by atomic mass is 10.0. The molecule has 2 aromatic carbocycles. The Morgan fingerprint density at radius 3 is 1.05 bits per heavy atom. The van der Waals surface area contributed by atoms with E-state index in [1.54, 1.807) is 0 Å². The van der Waals surface area contributed by atoms with Crippen LogP contribution in [0.15, 0.2) is 48.5 Å². The lowest BCUT2D eigenvalue weighted by Crippen LogP contribution is -2.34. The number of hydrogen-bond donors (Lipinski definition) is 0. The minimum absolute atomic E-state index is 0.860. The minimum Gasteiger partial charge on any atom is -0.298 e. The second kappa shape index (κ2) is 5.63. The van der Waals surface area contributed by atoms with Crippen molar-refractivity contribution in [2.45, 2.75) is 6.42 Å². The lowest BCUT2D eigenvalue weighted by molar-refractivity contribution is 0.486. The van der Waals surface area contributed by atoms with Gasteiger partial charge in [0.05, 0.1) is 42.3 Å². The summed E-state index contributed by atoms with van der Waals surface area (Å²) in [5.41, 5.74) is 5.40. The van der Waals surface area contributed by atoms with Crippen LogP contribution in [0.4, 0.5) is 11.4 Å². The first kappa shape index (κ1) is 15.7. The summed E-state index contributed by atoms with van der Waals surface area (Å²) in [6.45, 7) is 0. The van der Waals surface area contributed by atoms with Crippen molar-refractivity contribution in [1.82, 2.24) is 8.97 Å². The standard InChI is InChI=1S/C19H28N2/c1-20(2,3)18-11-7-16(8-12-18)15-17-9-13-19(14-10-17)21(4,5)6/h7-14H,15H2,1-6H3/q+2. The van der Waals surface area contributed by atoms with E-state index in [9.17, 15) is 0 Å². The molecule has 0 radical (unpaired) electrons. The van der Waals surface area contributed by atoms with Crippen LogP contribution in [0.2, 0.25) is 0 Å². The first-order valence-electron chi connectivity index (χ1n) is 7.48. The molecule has 21 heavy (non-hydrogen) atoms. The van der Waals surface area contributed by atoms with E-state index in [1.807, 2.05) is 0 Å². The Labute approximate surface area is 129 Å². The van der Waals surface area contributed by atoms with Gasteiger partial charge >= 0.3 is 0 Å². The van der Waals surface area contributed by atoms with Crippen LogP contribution in [-0.2, 0) is 6.42 Å². The molecule has 2 rings (SSSR count). The molecule has 0 aliphatic heterocycles. The smallest absolute Gasteiger partial charge is 0.132 e. The highest BCUT2D eigenvalue weighted by molar-refractivity contribution is 5.46. The van der Waals surface area contributed by atoms with Crippen molar-refractivity contribution >= 4 is 11.4 Å². The molecular weight excluding hydrogens is 256 g/mol.